The normalized spacial score (nSPS) is 20.2. The van der Waals surface area contributed by atoms with E-state index < -0.39 is 0 Å². The number of nitrogens with one attached hydrogen (secondary N) is 2. The van der Waals surface area contributed by atoms with Gasteiger partial charge in [0, 0.05) is 38.3 Å². The molecule has 2 N–H and O–H groups in total. The van der Waals surface area contributed by atoms with Crippen molar-refractivity contribution >= 4 is 17.6 Å². The lowest BCUT2D eigenvalue weighted by molar-refractivity contribution is -0.129. The van der Waals surface area contributed by atoms with Crippen LogP contribution in [0.3, 0.4) is 0 Å². The third kappa shape index (κ3) is 3.59. The highest BCUT2D eigenvalue weighted by Crippen LogP contribution is 2.32. The van der Waals surface area contributed by atoms with Crippen molar-refractivity contribution in [1.82, 2.24) is 15.2 Å². The molecule has 1 saturated carbocycles. The van der Waals surface area contributed by atoms with Crippen LogP contribution in [0.1, 0.15) is 24.8 Å². The molecular weight excluding hydrogens is 294 g/mol. The maximum absolute atomic E-state index is 12.1. The van der Waals surface area contributed by atoms with Crippen molar-refractivity contribution in [2.24, 2.45) is 5.92 Å². The van der Waals surface area contributed by atoms with Crippen molar-refractivity contribution in [2.45, 2.75) is 25.3 Å². The van der Waals surface area contributed by atoms with E-state index in [4.69, 9.17) is 5.26 Å². The minimum Gasteiger partial charge on any atom is -0.367 e. The molecule has 0 bridgehead atoms. The zero-order valence-electron chi connectivity index (χ0n) is 12.8. The average Bonchev–Trinajstić information content (AvgIpc) is 3.33. The third-order valence-electron chi connectivity index (χ3n) is 4.16. The Balaban J connectivity index is 1.41. The maximum Gasteiger partial charge on any atom is 0.225 e. The second-order valence-electron chi connectivity index (χ2n) is 5.91. The zero-order valence-corrected chi connectivity index (χ0v) is 12.8. The summed E-state index contributed by atoms with van der Waals surface area (Å²) in [4.78, 5) is 29.9. The molecule has 120 valence electrons. The molecular formula is C16H19N5O2. The molecule has 1 saturated heterocycles. The number of nitrogens with zero attached hydrogens (tertiary/aromatic N) is 3. The molecule has 3 rings (SSSR count). The molecule has 0 aromatic carbocycles. The summed E-state index contributed by atoms with van der Waals surface area (Å²) < 4.78 is 0. The van der Waals surface area contributed by atoms with E-state index in [1.54, 1.807) is 18.3 Å². The Bertz CT molecular complexity index is 650. The van der Waals surface area contributed by atoms with Crippen molar-refractivity contribution in [3.05, 3.63) is 23.9 Å². The highest BCUT2D eigenvalue weighted by molar-refractivity contribution is 5.89. The van der Waals surface area contributed by atoms with E-state index in [0.717, 1.165) is 12.8 Å². The molecule has 1 aliphatic carbocycles. The van der Waals surface area contributed by atoms with Crippen LogP contribution < -0.4 is 10.6 Å². The van der Waals surface area contributed by atoms with E-state index in [1.165, 1.54) is 0 Å². The monoisotopic (exact) mass is 313 g/mol. The maximum atomic E-state index is 12.1. The van der Waals surface area contributed by atoms with Gasteiger partial charge < -0.3 is 15.5 Å². The van der Waals surface area contributed by atoms with Gasteiger partial charge in [-0.15, -0.1) is 0 Å². The Morgan fingerprint density at radius 1 is 1.43 bits per heavy atom. The molecule has 1 aromatic rings. The molecule has 1 atom stereocenters. The summed E-state index contributed by atoms with van der Waals surface area (Å²) in [5.41, 5.74) is 0.472. The van der Waals surface area contributed by atoms with Gasteiger partial charge in [-0.05, 0) is 25.0 Å². The second kappa shape index (κ2) is 6.65. The van der Waals surface area contributed by atoms with Gasteiger partial charge in [0.25, 0.3) is 0 Å². The van der Waals surface area contributed by atoms with Crippen LogP contribution >= 0.6 is 0 Å². The van der Waals surface area contributed by atoms with Crippen molar-refractivity contribution < 1.29 is 9.59 Å². The SMILES string of the molecule is N#Cc1cccnc1NCCNC(=O)[C@H]1CC(=O)N(C2CC2)C1. The molecule has 7 nitrogen and oxygen atoms in total. The fourth-order valence-corrected chi connectivity index (χ4v) is 2.79. The molecule has 0 spiro atoms. The first kappa shape index (κ1) is 15.3. The first-order chi connectivity index (χ1) is 11.2. The summed E-state index contributed by atoms with van der Waals surface area (Å²) in [5, 5.41) is 14.8. The minimum absolute atomic E-state index is 0.0789. The van der Waals surface area contributed by atoms with Gasteiger partial charge in [0.2, 0.25) is 11.8 Å². The van der Waals surface area contributed by atoms with E-state index in [0.29, 0.717) is 43.5 Å². The van der Waals surface area contributed by atoms with Gasteiger partial charge in [-0.1, -0.05) is 0 Å². The molecule has 0 radical (unpaired) electrons. The predicted molar refractivity (Wildman–Crippen MR) is 83.3 cm³/mol. The standard InChI is InChI=1S/C16H19N5O2/c17-9-11-2-1-5-18-15(11)19-6-7-20-16(23)12-8-14(22)21(10-12)13-3-4-13/h1-2,5,12-13H,3-4,6-8,10H2,(H,18,19)(H,20,23)/t12-/m0/s1. The Morgan fingerprint density at radius 2 is 2.26 bits per heavy atom. The lowest BCUT2D eigenvalue weighted by atomic mass is 10.1. The number of carbonyl (C=O) groups excluding carboxylic acids is 2. The summed E-state index contributed by atoms with van der Waals surface area (Å²) >= 11 is 0. The summed E-state index contributed by atoms with van der Waals surface area (Å²) in [5.74, 6) is 0.288. The number of hydrogen-bond donors (Lipinski definition) is 2. The van der Waals surface area contributed by atoms with Crippen LogP contribution in [-0.4, -0.2) is 47.4 Å². The summed E-state index contributed by atoms with van der Waals surface area (Å²) in [6.45, 7) is 1.44. The quantitative estimate of drug-likeness (QED) is 0.745. The number of amides is 2. The molecule has 23 heavy (non-hydrogen) atoms. The molecule has 2 amide bonds. The molecule has 1 aliphatic heterocycles. The Hall–Kier alpha value is -2.62. The molecule has 2 aliphatic rings. The Morgan fingerprint density at radius 3 is 3.00 bits per heavy atom. The zero-order chi connectivity index (χ0) is 16.2. The Kier molecular flexibility index (Phi) is 4.42. The minimum atomic E-state index is -0.243. The third-order valence-corrected chi connectivity index (χ3v) is 4.16. The smallest absolute Gasteiger partial charge is 0.225 e. The van der Waals surface area contributed by atoms with Crippen molar-refractivity contribution in [3.8, 4) is 6.07 Å². The van der Waals surface area contributed by atoms with Gasteiger partial charge in [0.1, 0.15) is 11.9 Å². The van der Waals surface area contributed by atoms with Gasteiger partial charge in [-0.25, -0.2) is 4.98 Å². The predicted octanol–water partition coefficient (Wildman–Crippen LogP) is 0.492. The highest BCUT2D eigenvalue weighted by Gasteiger charge is 2.41. The largest absolute Gasteiger partial charge is 0.367 e. The number of aromatic nitrogens is 1. The first-order valence-electron chi connectivity index (χ1n) is 7.85. The summed E-state index contributed by atoms with van der Waals surface area (Å²) in [6, 6.07) is 5.82. The van der Waals surface area contributed by atoms with Crippen LogP contribution in [0.25, 0.3) is 0 Å². The average molecular weight is 313 g/mol. The van der Waals surface area contributed by atoms with E-state index in [-0.39, 0.29) is 17.7 Å². The highest BCUT2D eigenvalue weighted by atomic mass is 16.2. The molecule has 2 heterocycles. The molecule has 1 aromatic heterocycles. The van der Waals surface area contributed by atoms with Crippen molar-refractivity contribution in [1.29, 1.82) is 5.26 Å². The number of pyridine rings is 1. The number of anilines is 1. The number of likely N-dealkylation sites (tertiary alicyclic amines) is 1. The summed E-state index contributed by atoms with van der Waals surface area (Å²) in [6.07, 6.45) is 4.05. The lowest BCUT2D eigenvalue weighted by Gasteiger charge is -2.15. The van der Waals surface area contributed by atoms with Gasteiger partial charge in [-0.3, -0.25) is 9.59 Å². The van der Waals surface area contributed by atoms with Gasteiger partial charge in [-0.2, -0.15) is 5.26 Å². The van der Waals surface area contributed by atoms with Gasteiger partial charge in [0.15, 0.2) is 0 Å². The lowest BCUT2D eigenvalue weighted by Crippen LogP contribution is -2.36. The van der Waals surface area contributed by atoms with E-state index in [1.807, 2.05) is 4.90 Å². The fraction of sp³-hybridized carbons (Fsp3) is 0.500. The Labute approximate surface area is 134 Å². The van der Waals surface area contributed by atoms with Crippen LogP contribution in [-0.2, 0) is 9.59 Å². The topological polar surface area (TPSA) is 98.1 Å². The van der Waals surface area contributed by atoms with E-state index in [9.17, 15) is 9.59 Å². The van der Waals surface area contributed by atoms with Gasteiger partial charge in [0.05, 0.1) is 11.5 Å². The number of carbonyl (C=O) groups is 2. The van der Waals surface area contributed by atoms with E-state index >= 15 is 0 Å². The number of nitriles is 1. The number of hydrogen-bond acceptors (Lipinski definition) is 5. The number of rotatable bonds is 6. The van der Waals surface area contributed by atoms with E-state index in [2.05, 4.69) is 21.7 Å². The van der Waals surface area contributed by atoms with Crippen LogP contribution in [0, 0.1) is 17.2 Å². The molecule has 0 unspecified atom stereocenters. The van der Waals surface area contributed by atoms with Crippen LogP contribution in [0.15, 0.2) is 18.3 Å². The first-order valence-corrected chi connectivity index (χ1v) is 7.85. The molecule has 2 fully saturated rings. The van der Waals surface area contributed by atoms with Crippen molar-refractivity contribution in [3.63, 3.8) is 0 Å². The summed E-state index contributed by atoms with van der Waals surface area (Å²) in [7, 11) is 0. The van der Waals surface area contributed by atoms with Crippen molar-refractivity contribution in [2.75, 3.05) is 25.0 Å². The van der Waals surface area contributed by atoms with Gasteiger partial charge >= 0.3 is 0 Å². The molecule has 7 heteroatoms. The van der Waals surface area contributed by atoms with Crippen LogP contribution in [0.5, 0.6) is 0 Å². The van der Waals surface area contributed by atoms with Crippen LogP contribution in [0.4, 0.5) is 5.82 Å². The van der Waals surface area contributed by atoms with Crippen LogP contribution in [0.2, 0.25) is 0 Å². The second-order valence-corrected chi connectivity index (χ2v) is 5.91. The fourth-order valence-electron chi connectivity index (χ4n) is 2.79.